The fraction of sp³-hybridized carbons (Fsp3) is 0.286. The molecule has 0 radical (unpaired) electrons. The van der Waals surface area contributed by atoms with Gasteiger partial charge in [0.1, 0.15) is 35.2 Å². The molecule has 0 aliphatic heterocycles. The Balaban J connectivity index is 1.12. The van der Waals surface area contributed by atoms with Crippen LogP contribution in [0.25, 0.3) is 21.5 Å². The van der Waals surface area contributed by atoms with Crippen molar-refractivity contribution in [2.75, 3.05) is 26.4 Å². The minimum Gasteiger partial charge on any atom is -0.508 e. The average molecular weight is 463 g/mol. The molecule has 2 N–H and O–H groups in total. The maximum Gasteiger partial charge on any atom is 0.120 e. The second kappa shape index (κ2) is 11.1. The Morgan fingerprint density at radius 1 is 0.559 bits per heavy atom. The molecule has 0 spiro atoms. The Morgan fingerprint density at radius 3 is 1.38 bits per heavy atom. The van der Waals surface area contributed by atoms with Crippen molar-refractivity contribution in [1.82, 2.24) is 0 Å². The number of phenolic OH excluding ortho intramolecular Hbond substituents is 2. The highest BCUT2D eigenvalue weighted by molar-refractivity contribution is 5.85. The van der Waals surface area contributed by atoms with Gasteiger partial charge >= 0.3 is 0 Å². The molecule has 2 unspecified atom stereocenters. The quantitative estimate of drug-likeness (QED) is 0.280. The molecule has 0 fully saturated rings. The van der Waals surface area contributed by atoms with E-state index in [-0.39, 0.29) is 23.7 Å². The van der Waals surface area contributed by atoms with Gasteiger partial charge in [0.25, 0.3) is 0 Å². The molecule has 4 aromatic rings. The largest absolute Gasteiger partial charge is 0.508 e. The van der Waals surface area contributed by atoms with Crippen LogP contribution in [0.15, 0.2) is 72.8 Å². The van der Waals surface area contributed by atoms with Gasteiger partial charge in [0.05, 0.1) is 26.4 Å². The molecule has 6 nitrogen and oxygen atoms in total. The van der Waals surface area contributed by atoms with Gasteiger partial charge in [-0.3, -0.25) is 0 Å². The van der Waals surface area contributed by atoms with Gasteiger partial charge in [0.2, 0.25) is 0 Å². The fourth-order valence-corrected chi connectivity index (χ4v) is 3.72. The third-order valence-electron chi connectivity index (χ3n) is 5.34. The third-order valence-corrected chi connectivity index (χ3v) is 5.34. The molecule has 4 aromatic carbocycles. The molecule has 0 heterocycles. The van der Waals surface area contributed by atoms with Crippen LogP contribution in [0.5, 0.6) is 23.0 Å². The molecule has 0 amide bonds. The van der Waals surface area contributed by atoms with Crippen molar-refractivity contribution in [3.8, 4) is 23.0 Å². The zero-order chi connectivity index (χ0) is 23.9. The first-order valence-corrected chi connectivity index (χ1v) is 11.4. The Hall–Kier alpha value is -3.48. The van der Waals surface area contributed by atoms with E-state index in [1.54, 1.807) is 24.3 Å². The molecule has 0 saturated heterocycles. The fourth-order valence-electron chi connectivity index (χ4n) is 3.72. The SMILES string of the molecule is CC(COCCOCC(C)Oc1ccc2cc(O)ccc2c1)Oc1ccc2cc(O)ccc2c1. The summed E-state index contributed by atoms with van der Waals surface area (Å²) < 4.78 is 23.2. The Kier molecular flexibility index (Phi) is 7.72. The first kappa shape index (κ1) is 23.7. The van der Waals surface area contributed by atoms with Crippen molar-refractivity contribution in [3.63, 3.8) is 0 Å². The van der Waals surface area contributed by atoms with Crippen LogP contribution in [0.2, 0.25) is 0 Å². The molecule has 4 rings (SSSR count). The molecule has 34 heavy (non-hydrogen) atoms. The van der Waals surface area contributed by atoms with E-state index < -0.39 is 0 Å². The first-order chi connectivity index (χ1) is 16.5. The van der Waals surface area contributed by atoms with E-state index in [0.717, 1.165) is 33.0 Å². The number of hydrogen-bond acceptors (Lipinski definition) is 6. The number of aromatic hydroxyl groups is 2. The number of hydrogen-bond donors (Lipinski definition) is 2. The maximum absolute atomic E-state index is 9.57. The lowest BCUT2D eigenvalue weighted by molar-refractivity contribution is -0.00155. The van der Waals surface area contributed by atoms with Crippen molar-refractivity contribution in [3.05, 3.63) is 72.8 Å². The van der Waals surface area contributed by atoms with E-state index in [1.807, 2.05) is 62.4 Å². The third kappa shape index (κ3) is 6.53. The molecule has 0 aliphatic carbocycles. The molecule has 0 saturated carbocycles. The minimum absolute atomic E-state index is 0.105. The second-order valence-corrected chi connectivity index (χ2v) is 8.39. The number of fused-ring (bicyclic) bond motifs is 2. The highest BCUT2D eigenvalue weighted by atomic mass is 16.6. The number of benzene rings is 4. The maximum atomic E-state index is 9.57. The van der Waals surface area contributed by atoms with Gasteiger partial charge in [-0.2, -0.15) is 0 Å². The molecule has 0 aliphatic rings. The lowest BCUT2D eigenvalue weighted by atomic mass is 10.1. The van der Waals surface area contributed by atoms with E-state index in [2.05, 4.69) is 0 Å². The molecular weight excluding hydrogens is 432 g/mol. The van der Waals surface area contributed by atoms with E-state index in [1.165, 1.54) is 0 Å². The predicted octanol–water partition coefficient (Wildman–Crippen LogP) is 5.67. The summed E-state index contributed by atoms with van der Waals surface area (Å²) >= 11 is 0. The van der Waals surface area contributed by atoms with Crippen LogP contribution in [-0.4, -0.2) is 48.8 Å². The highest BCUT2D eigenvalue weighted by Crippen LogP contribution is 2.26. The van der Waals surface area contributed by atoms with Crippen LogP contribution in [0.4, 0.5) is 0 Å². The minimum atomic E-state index is -0.105. The number of ether oxygens (including phenoxy) is 4. The summed E-state index contributed by atoms with van der Waals surface area (Å²) in [6, 6.07) is 22.1. The average Bonchev–Trinajstić information content (AvgIpc) is 2.81. The summed E-state index contributed by atoms with van der Waals surface area (Å²) in [5.41, 5.74) is 0. The van der Waals surface area contributed by atoms with E-state index in [4.69, 9.17) is 18.9 Å². The summed E-state index contributed by atoms with van der Waals surface area (Å²) in [5, 5.41) is 23.1. The van der Waals surface area contributed by atoms with Gasteiger partial charge in [-0.25, -0.2) is 0 Å². The number of phenols is 2. The van der Waals surface area contributed by atoms with Crippen LogP contribution >= 0.6 is 0 Å². The lowest BCUT2D eigenvalue weighted by Gasteiger charge is -2.17. The van der Waals surface area contributed by atoms with Crippen molar-refractivity contribution >= 4 is 21.5 Å². The normalized spacial score (nSPS) is 13.1. The Morgan fingerprint density at radius 2 is 0.941 bits per heavy atom. The smallest absolute Gasteiger partial charge is 0.120 e. The monoisotopic (exact) mass is 462 g/mol. The van der Waals surface area contributed by atoms with Crippen LogP contribution in [-0.2, 0) is 9.47 Å². The summed E-state index contributed by atoms with van der Waals surface area (Å²) in [5.74, 6) is 2.03. The van der Waals surface area contributed by atoms with Crippen LogP contribution in [0.1, 0.15) is 13.8 Å². The first-order valence-electron chi connectivity index (χ1n) is 11.4. The zero-order valence-electron chi connectivity index (χ0n) is 19.4. The lowest BCUT2D eigenvalue weighted by Crippen LogP contribution is -2.23. The molecule has 0 aromatic heterocycles. The van der Waals surface area contributed by atoms with Crippen molar-refractivity contribution < 1.29 is 29.2 Å². The summed E-state index contributed by atoms with van der Waals surface area (Å²) in [6.45, 7) is 5.77. The summed E-state index contributed by atoms with van der Waals surface area (Å²) in [4.78, 5) is 0. The van der Waals surface area contributed by atoms with Gasteiger partial charge in [-0.05, 0) is 83.9 Å². The van der Waals surface area contributed by atoms with E-state index >= 15 is 0 Å². The molecule has 0 bridgehead atoms. The Bertz CT molecular complexity index is 1140. The van der Waals surface area contributed by atoms with Crippen LogP contribution in [0.3, 0.4) is 0 Å². The van der Waals surface area contributed by atoms with Crippen molar-refractivity contribution in [1.29, 1.82) is 0 Å². The standard InChI is InChI=1S/C28H30O6/c1-19(33-27-9-5-21-13-25(29)7-3-23(21)15-27)17-31-11-12-32-18-20(2)34-28-10-6-22-14-26(30)8-4-24(22)16-28/h3-10,13-16,19-20,29-30H,11-12,17-18H2,1-2H3. The molecule has 6 heteroatoms. The Labute approximate surface area is 199 Å². The van der Waals surface area contributed by atoms with E-state index in [0.29, 0.717) is 26.4 Å². The van der Waals surface area contributed by atoms with Gasteiger partial charge in [0.15, 0.2) is 0 Å². The van der Waals surface area contributed by atoms with Crippen molar-refractivity contribution in [2.45, 2.75) is 26.1 Å². The van der Waals surface area contributed by atoms with Crippen LogP contribution < -0.4 is 9.47 Å². The second-order valence-electron chi connectivity index (χ2n) is 8.39. The highest BCUT2D eigenvalue weighted by Gasteiger charge is 2.08. The predicted molar refractivity (Wildman–Crippen MR) is 133 cm³/mol. The summed E-state index contributed by atoms with van der Waals surface area (Å²) in [7, 11) is 0. The van der Waals surface area contributed by atoms with Gasteiger partial charge in [0, 0.05) is 0 Å². The summed E-state index contributed by atoms with van der Waals surface area (Å²) in [6.07, 6.45) is -0.210. The van der Waals surface area contributed by atoms with Gasteiger partial charge in [-0.1, -0.05) is 24.3 Å². The molecule has 2 atom stereocenters. The van der Waals surface area contributed by atoms with Crippen molar-refractivity contribution in [2.24, 2.45) is 0 Å². The van der Waals surface area contributed by atoms with E-state index in [9.17, 15) is 10.2 Å². The zero-order valence-corrected chi connectivity index (χ0v) is 19.4. The van der Waals surface area contributed by atoms with Gasteiger partial charge in [-0.15, -0.1) is 0 Å². The topological polar surface area (TPSA) is 77.4 Å². The van der Waals surface area contributed by atoms with Crippen LogP contribution in [0, 0.1) is 0 Å². The molecule has 178 valence electrons. The molecular formula is C28H30O6. The van der Waals surface area contributed by atoms with Gasteiger partial charge < -0.3 is 29.2 Å². The number of rotatable bonds is 11.